The van der Waals surface area contributed by atoms with Crippen molar-refractivity contribution in [3.05, 3.63) is 40.6 Å². The van der Waals surface area contributed by atoms with Gasteiger partial charge in [-0.05, 0) is 30.3 Å². The highest BCUT2D eigenvalue weighted by atomic mass is 32.2. The summed E-state index contributed by atoms with van der Waals surface area (Å²) < 4.78 is 18.5. The first-order chi connectivity index (χ1) is 12.0. The van der Waals surface area contributed by atoms with Crippen LogP contribution in [0.1, 0.15) is 18.4 Å². The summed E-state index contributed by atoms with van der Waals surface area (Å²) in [6, 6.07) is 6.02. The molecule has 0 bridgehead atoms. The molecule has 1 N–H and O–H groups in total. The number of imide groups is 1. The van der Waals surface area contributed by atoms with E-state index < -0.39 is 17.0 Å². The zero-order chi connectivity index (χ0) is 18.2. The number of hydrogen-bond acceptors (Lipinski definition) is 5. The van der Waals surface area contributed by atoms with Gasteiger partial charge in [0.15, 0.2) is 0 Å². The van der Waals surface area contributed by atoms with E-state index in [-0.39, 0.29) is 29.5 Å². The molecule has 134 valence electrons. The number of ether oxygens (including phenoxy) is 1. The molecule has 0 aliphatic carbocycles. The Balaban J connectivity index is 1.89. The standard InChI is InChI=1S/C17H19FN2O4S/c1-24-10-4-7-15(21)19-8-9-20-16(22)14(25-17(20)23)11-12-5-2-3-6-13(12)18/h2-3,5-6,11H,4,7-10H2,1H3,(H,19,21). The quantitative estimate of drug-likeness (QED) is 0.565. The Morgan fingerprint density at radius 1 is 1.36 bits per heavy atom. The summed E-state index contributed by atoms with van der Waals surface area (Å²) in [5, 5.41) is 2.22. The van der Waals surface area contributed by atoms with Crippen LogP contribution in [-0.2, 0) is 14.3 Å². The third kappa shape index (κ3) is 5.40. The van der Waals surface area contributed by atoms with E-state index in [0.717, 1.165) is 16.7 Å². The number of nitrogens with zero attached hydrogens (tertiary/aromatic N) is 1. The third-order valence-corrected chi connectivity index (χ3v) is 4.38. The molecule has 2 rings (SSSR count). The largest absolute Gasteiger partial charge is 0.385 e. The summed E-state index contributed by atoms with van der Waals surface area (Å²) in [7, 11) is 1.56. The molecule has 1 aromatic carbocycles. The van der Waals surface area contributed by atoms with Gasteiger partial charge < -0.3 is 10.1 Å². The van der Waals surface area contributed by atoms with Crippen molar-refractivity contribution >= 4 is 34.9 Å². The number of carbonyl (C=O) groups is 3. The molecule has 1 saturated heterocycles. The number of nitrogens with one attached hydrogen (secondary N) is 1. The van der Waals surface area contributed by atoms with Crippen LogP contribution < -0.4 is 5.32 Å². The fourth-order valence-corrected chi connectivity index (χ4v) is 3.05. The van der Waals surface area contributed by atoms with Gasteiger partial charge in [-0.3, -0.25) is 19.3 Å². The van der Waals surface area contributed by atoms with E-state index in [1.165, 1.54) is 18.2 Å². The normalized spacial score (nSPS) is 15.9. The minimum Gasteiger partial charge on any atom is -0.385 e. The highest BCUT2D eigenvalue weighted by Crippen LogP contribution is 2.32. The monoisotopic (exact) mass is 366 g/mol. The van der Waals surface area contributed by atoms with E-state index in [2.05, 4.69) is 5.32 Å². The molecule has 0 saturated carbocycles. The molecule has 25 heavy (non-hydrogen) atoms. The van der Waals surface area contributed by atoms with E-state index in [0.29, 0.717) is 19.4 Å². The molecule has 6 nitrogen and oxygen atoms in total. The second-order valence-corrected chi connectivity index (χ2v) is 6.29. The Labute approximate surface area is 149 Å². The Bertz CT molecular complexity index is 693. The zero-order valence-corrected chi connectivity index (χ0v) is 14.6. The first-order valence-electron chi connectivity index (χ1n) is 7.78. The molecule has 1 aliphatic rings. The van der Waals surface area contributed by atoms with Crippen LogP contribution in [0.3, 0.4) is 0 Å². The highest BCUT2D eigenvalue weighted by Gasteiger charge is 2.34. The molecule has 1 heterocycles. The fourth-order valence-electron chi connectivity index (χ4n) is 2.20. The highest BCUT2D eigenvalue weighted by molar-refractivity contribution is 8.18. The second-order valence-electron chi connectivity index (χ2n) is 5.30. The maximum atomic E-state index is 13.7. The van der Waals surface area contributed by atoms with Crippen molar-refractivity contribution in [2.75, 3.05) is 26.8 Å². The number of amides is 3. The summed E-state index contributed by atoms with van der Waals surface area (Å²) in [6.45, 7) is 0.753. The zero-order valence-electron chi connectivity index (χ0n) is 13.8. The van der Waals surface area contributed by atoms with Crippen molar-refractivity contribution in [3.63, 3.8) is 0 Å². The number of methoxy groups -OCH3 is 1. The summed E-state index contributed by atoms with van der Waals surface area (Å²) >= 11 is 0.764. The lowest BCUT2D eigenvalue weighted by atomic mass is 10.2. The molecule has 8 heteroatoms. The molecule has 1 aliphatic heterocycles. The van der Waals surface area contributed by atoms with Crippen LogP contribution in [0.2, 0.25) is 0 Å². The molecule has 0 atom stereocenters. The van der Waals surface area contributed by atoms with Gasteiger partial charge in [-0.1, -0.05) is 18.2 Å². The van der Waals surface area contributed by atoms with Crippen molar-refractivity contribution in [1.29, 1.82) is 0 Å². The number of thioether (sulfide) groups is 1. The fraction of sp³-hybridized carbons (Fsp3) is 0.353. The van der Waals surface area contributed by atoms with E-state index >= 15 is 0 Å². The van der Waals surface area contributed by atoms with Crippen LogP contribution in [0.25, 0.3) is 6.08 Å². The smallest absolute Gasteiger partial charge is 0.293 e. The van der Waals surface area contributed by atoms with Gasteiger partial charge in [-0.25, -0.2) is 4.39 Å². The van der Waals surface area contributed by atoms with Crippen LogP contribution in [0.15, 0.2) is 29.2 Å². The average molecular weight is 366 g/mol. The lowest BCUT2D eigenvalue weighted by Crippen LogP contribution is -2.37. The van der Waals surface area contributed by atoms with Crippen LogP contribution >= 0.6 is 11.8 Å². The lowest BCUT2D eigenvalue weighted by Gasteiger charge is -2.12. The van der Waals surface area contributed by atoms with Gasteiger partial charge in [-0.2, -0.15) is 0 Å². The number of benzene rings is 1. The van der Waals surface area contributed by atoms with Gasteiger partial charge in [0.05, 0.1) is 4.91 Å². The van der Waals surface area contributed by atoms with Crippen LogP contribution in [-0.4, -0.2) is 48.8 Å². The first-order valence-corrected chi connectivity index (χ1v) is 8.60. The molecule has 3 amide bonds. The van der Waals surface area contributed by atoms with E-state index in [4.69, 9.17) is 4.74 Å². The number of hydrogen-bond donors (Lipinski definition) is 1. The maximum Gasteiger partial charge on any atom is 0.293 e. The van der Waals surface area contributed by atoms with Crippen molar-refractivity contribution in [2.24, 2.45) is 0 Å². The second kappa shape index (κ2) is 9.33. The Morgan fingerprint density at radius 2 is 2.12 bits per heavy atom. The maximum absolute atomic E-state index is 13.7. The molecule has 0 aromatic heterocycles. The van der Waals surface area contributed by atoms with Gasteiger partial charge >= 0.3 is 0 Å². The first kappa shape index (κ1) is 19.1. The van der Waals surface area contributed by atoms with Crippen molar-refractivity contribution in [2.45, 2.75) is 12.8 Å². The predicted octanol–water partition coefficient (Wildman–Crippen LogP) is 2.40. The number of carbonyl (C=O) groups excluding carboxylic acids is 3. The molecular weight excluding hydrogens is 347 g/mol. The average Bonchev–Trinajstić information content (AvgIpc) is 2.84. The van der Waals surface area contributed by atoms with Crippen molar-refractivity contribution in [1.82, 2.24) is 10.2 Å². The number of halogens is 1. The Kier molecular flexibility index (Phi) is 7.15. The molecule has 1 fully saturated rings. The third-order valence-electron chi connectivity index (χ3n) is 3.48. The Hall–Kier alpha value is -2.19. The molecule has 1 aromatic rings. The van der Waals surface area contributed by atoms with Crippen LogP contribution in [0, 0.1) is 5.82 Å². The summed E-state index contributed by atoms with van der Waals surface area (Å²) in [4.78, 5) is 37.0. The predicted molar refractivity (Wildman–Crippen MR) is 93.2 cm³/mol. The van der Waals surface area contributed by atoms with E-state index in [1.807, 2.05) is 0 Å². The molecule has 0 radical (unpaired) electrons. The van der Waals surface area contributed by atoms with Gasteiger partial charge in [-0.15, -0.1) is 0 Å². The summed E-state index contributed by atoms with van der Waals surface area (Å²) in [5.74, 6) is -1.10. The Morgan fingerprint density at radius 3 is 2.84 bits per heavy atom. The van der Waals surface area contributed by atoms with Gasteiger partial charge in [0, 0.05) is 38.8 Å². The van der Waals surface area contributed by atoms with E-state index in [1.54, 1.807) is 19.2 Å². The summed E-state index contributed by atoms with van der Waals surface area (Å²) in [6.07, 6.45) is 2.29. The van der Waals surface area contributed by atoms with Gasteiger partial charge in [0.1, 0.15) is 5.82 Å². The summed E-state index contributed by atoms with van der Waals surface area (Å²) in [5.41, 5.74) is 0.249. The minimum absolute atomic E-state index is 0.0787. The van der Waals surface area contributed by atoms with Gasteiger partial charge in [0.2, 0.25) is 5.91 Å². The molecular formula is C17H19FN2O4S. The van der Waals surface area contributed by atoms with Crippen LogP contribution in [0.5, 0.6) is 0 Å². The molecule has 0 spiro atoms. The molecule has 0 unspecified atom stereocenters. The van der Waals surface area contributed by atoms with Crippen molar-refractivity contribution in [3.8, 4) is 0 Å². The van der Waals surface area contributed by atoms with Gasteiger partial charge in [0.25, 0.3) is 11.1 Å². The SMILES string of the molecule is COCCCC(=O)NCCN1C(=O)SC(=Cc2ccccc2F)C1=O. The number of rotatable bonds is 8. The van der Waals surface area contributed by atoms with Crippen molar-refractivity contribution < 1.29 is 23.5 Å². The van der Waals surface area contributed by atoms with E-state index in [9.17, 15) is 18.8 Å². The lowest BCUT2D eigenvalue weighted by molar-refractivity contribution is -0.124. The topological polar surface area (TPSA) is 75.7 Å². The minimum atomic E-state index is -0.480. The van der Waals surface area contributed by atoms with Crippen LogP contribution in [0.4, 0.5) is 9.18 Å².